The number of aromatic nitrogens is 2. The van der Waals surface area contributed by atoms with Crippen molar-refractivity contribution in [3.63, 3.8) is 0 Å². The van der Waals surface area contributed by atoms with E-state index in [0.29, 0.717) is 11.7 Å². The molecule has 4 heteroatoms. The van der Waals surface area contributed by atoms with Crippen molar-refractivity contribution in [2.45, 2.75) is 72.3 Å². The first-order valence-corrected chi connectivity index (χ1v) is 7.31. The molecule has 1 aromatic heterocycles. The highest BCUT2D eigenvalue weighted by Crippen LogP contribution is 2.46. The quantitative estimate of drug-likeness (QED) is 0.883. The van der Waals surface area contributed by atoms with E-state index in [-0.39, 0.29) is 16.9 Å². The summed E-state index contributed by atoms with van der Waals surface area (Å²) in [4.78, 5) is 4.59. The molecule has 108 valence electrons. The zero-order chi connectivity index (χ0) is 14.3. The third-order valence-corrected chi connectivity index (χ3v) is 4.47. The summed E-state index contributed by atoms with van der Waals surface area (Å²) in [5.74, 6) is 1.79. The molecule has 2 N–H and O–H groups in total. The smallest absolute Gasteiger partial charge is 0.230 e. The Bertz CT molecular complexity index is 431. The lowest BCUT2D eigenvalue weighted by atomic mass is 9.69. The molecule has 0 saturated heterocycles. The van der Waals surface area contributed by atoms with Gasteiger partial charge in [-0.25, -0.2) is 0 Å². The van der Waals surface area contributed by atoms with E-state index in [2.05, 4.69) is 44.8 Å². The summed E-state index contributed by atoms with van der Waals surface area (Å²) in [6, 6.07) is -0.184. The summed E-state index contributed by atoms with van der Waals surface area (Å²) < 4.78 is 5.51. The fourth-order valence-corrected chi connectivity index (χ4v) is 2.85. The van der Waals surface area contributed by atoms with Gasteiger partial charge in [-0.05, 0) is 23.7 Å². The number of rotatable bonds is 2. The van der Waals surface area contributed by atoms with Gasteiger partial charge in [-0.2, -0.15) is 4.98 Å². The van der Waals surface area contributed by atoms with Gasteiger partial charge in [0.15, 0.2) is 5.82 Å². The van der Waals surface area contributed by atoms with Gasteiger partial charge in [0, 0.05) is 5.92 Å². The molecule has 1 aliphatic carbocycles. The van der Waals surface area contributed by atoms with Gasteiger partial charge in [-0.3, -0.25) is 0 Å². The van der Waals surface area contributed by atoms with Crippen LogP contribution in [0.4, 0.5) is 0 Å². The Kier molecular flexibility index (Phi) is 3.74. The van der Waals surface area contributed by atoms with Gasteiger partial charge < -0.3 is 10.3 Å². The summed E-state index contributed by atoms with van der Waals surface area (Å²) >= 11 is 0. The van der Waals surface area contributed by atoms with E-state index in [9.17, 15) is 0 Å². The van der Waals surface area contributed by atoms with E-state index >= 15 is 0 Å². The fraction of sp³-hybridized carbons (Fsp3) is 0.867. The summed E-state index contributed by atoms with van der Waals surface area (Å²) in [7, 11) is 0. The number of nitrogens with zero attached hydrogens (tertiary/aromatic N) is 2. The Hall–Kier alpha value is -0.900. The van der Waals surface area contributed by atoms with Crippen LogP contribution in [0.15, 0.2) is 4.52 Å². The molecule has 2 unspecified atom stereocenters. The summed E-state index contributed by atoms with van der Waals surface area (Å²) in [5, 5.41) is 4.11. The Morgan fingerprint density at radius 2 is 2.00 bits per heavy atom. The third kappa shape index (κ3) is 2.99. The van der Waals surface area contributed by atoms with Crippen LogP contribution < -0.4 is 5.73 Å². The average molecular weight is 265 g/mol. The average Bonchev–Trinajstić information content (AvgIpc) is 2.75. The molecule has 0 bridgehead atoms. The van der Waals surface area contributed by atoms with Crippen LogP contribution in [0, 0.1) is 10.8 Å². The van der Waals surface area contributed by atoms with Crippen molar-refractivity contribution in [1.29, 1.82) is 0 Å². The molecule has 1 aromatic rings. The molecule has 0 aromatic carbocycles. The van der Waals surface area contributed by atoms with Crippen molar-refractivity contribution in [1.82, 2.24) is 10.1 Å². The van der Waals surface area contributed by atoms with E-state index in [0.717, 1.165) is 12.3 Å². The van der Waals surface area contributed by atoms with E-state index in [1.165, 1.54) is 19.3 Å². The predicted molar refractivity (Wildman–Crippen MR) is 75.7 cm³/mol. The lowest BCUT2D eigenvalue weighted by Crippen LogP contribution is -2.28. The van der Waals surface area contributed by atoms with Crippen LogP contribution in [-0.4, -0.2) is 10.1 Å². The first-order chi connectivity index (χ1) is 8.72. The van der Waals surface area contributed by atoms with E-state index < -0.39 is 0 Å². The highest BCUT2D eigenvalue weighted by atomic mass is 16.5. The van der Waals surface area contributed by atoms with Crippen LogP contribution in [0.5, 0.6) is 0 Å². The Morgan fingerprint density at radius 1 is 1.32 bits per heavy atom. The van der Waals surface area contributed by atoms with Gasteiger partial charge in [0.1, 0.15) is 0 Å². The normalized spacial score (nSPS) is 25.3. The van der Waals surface area contributed by atoms with Crippen LogP contribution in [0.1, 0.15) is 84.0 Å². The second-order valence-corrected chi connectivity index (χ2v) is 7.62. The minimum atomic E-state index is -0.184. The lowest BCUT2D eigenvalue weighted by molar-refractivity contribution is 0.163. The zero-order valence-corrected chi connectivity index (χ0v) is 12.9. The Morgan fingerprint density at radius 3 is 2.58 bits per heavy atom. The molecule has 1 heterocycles. The van der Waals surface area contributed by atoms with Crippen LogP contribution in [-0.2, 0) is 0 Å². The zero-order valence-electron chi connectivity index (χ0n) is 12.9. The minimum Gasteiger partial charge on any atom is -0.339 e. The van der Waals surface area contributed by atoms with Gasteiger partial charge in [0.25, 0.3) is 0 Å². The lowest BCUT2D eigenvalue weighted by Gasteiger charge is -2.36. The minimum absolute atomic E-state index is 0.0524. The number of hydrogen-bond acceptors (Lipinski definition) is 4. The molecule has 2 rings (SSSR count). The van der Waals surface area contributed by atoms with Gasteiger partial charge in [0.2, 0.25) is 5.89 Å². The second kappa shape index (κ2) is 4.89. The van der Waals surface area contributed by atoms with Gasteiger partial charge >= 0.3 is 0 Å². The molecule has 1 saturated carbocycles. The summed E-state index contributed by atoms with van der Waals surface area (Å²) in [6.45, 7) is 10.9. The highest BCUT2D eigenvalue weighted by molar-refractivity contribution is 5.05. The molecule has 2 atom stereocenters. The van der Waals surface area contributed by atoms with E-state index in [1.54, 1.807) is 0 Å². The molecule has 1 aliphatic rings. The largest absolute Gasteiger partial charge is 0.339 e. The van der Waals surface area contributed by atoms with Crippen molar-refractivity contribution in [3.05, 3.63) is 11.7 Å². The van der Waals surface area contributed by atoms with Gasteiger partial charge in [-0.1, -0.05) is 52.6 Å². The molecule has 0 spiro atoms. The Labute approximate surface area is 116 Å². The molecule has 0 amide bonds. The first-order valence-electron chi connectivity index (χ1n) is 7.31. The second-order valence-electron chi connectivity index (χ2n) is 7.62. The molecular formula is C15H27N3O. The van der Waals surface area contributed by atoms with Gasteiger partial charge in [-0.15, -0.1) is 0 Å². The molecule has 4 nitrogen and oxygen atoms in total. The van der Waals surface area contributed by atoms with E-state index in [4.69, 9.17) is 10.3 Å². The molecular weight excluding hydrogens is 238 g/mol. The monoisotopic (exact) mass is 265 g/mol. The fourth-order valence-electron chi connectivity index (χ4n) is 2.85. The third-order valence-electron chi connectivity index (χ3n) is 4.47. The molecule has 0 aliphatic heterocycles. The Balaban J connectivity index is 2.21. The van der Waals surface area contributed by atoms with Crippen molar-refractivity contribution in [3.8, 4) is 0 Å². The van der Waals surface area contributed by atoms with Crippen molar-refractivity contribution < 1.29 is 4.52 Å². The van der Waals surface area contributed by atoms with Gasteiger partial charge in [0.05, 0.1) is 6.04 Å². The predicted octanol–water partition coefficient (Wildman–Crippen LogP) is 3.80. The maximum absolute atomic E-state index is 6.20. The SMILES string of the molecule is CC(C)(C)C(N)c1noc(C2CCCCC2(C)C)n1. The van der Waals surface area contributed by atoms with Crippen LogP contribution in [0.2, 0.25) is 0 Å². The summed E-state index contributed by atoms with van der Waals surface area (Å²) in [6.07, 6.45) is 4.91. The van der Waals surface area contributed by atoms with E-state index in [1.807, 2.05) is 0 Å². The molecule has 19 heavy (non-hydrogen) atoms. The van der Waals surface area contributed by atoms with Crippen LogP contribution in [0.25, 0.3) is 0 Å². The van der Waals surface area contributed by atoms with Crippen molar-refractivity contribution >= 4 is 0 Å². The first kappa shape index (κ1) is 14.5. The van der Waals surface area contributed by atoms with Crippen molar-refractivity contribution in [2.24, 2.45) is 16.6 Å². The highest BCUT2D eigenvalue weighted by Gasteiger charge is 2.38. The number of hydrogen-bond donors (Lipinski definition) is 1. The maximum atomic E-state index is 6.20. The maximum Gasteiger partial charge on any atom is 0.230 e. The number of nitrogens with two attached hydrogens (primary N) is 1. The van der Waals surface area contributed by atoms with Crippen LogP contribution in [0.3, 0.4) is 0 Å². The summed E-state index contributed by atoms with van der Waals surface area (Å²) in [5.41, 5.74) is 6.39. The topological polar surface area (TPSA) is 64.9 Å². The van der Waals surface area contributed by atoms with Crippen LogP contribution >= 0.6 is 0 Å². The standard InChI is InChI=1S/C15H27N3O/c1-14(2,3)11(16)12-17-13(19-18-12)10-8-6-7-9-15(10,4)5/h10-11H,6-9,16H2,1-5H3. The molecule has 1 fully saturated rings. The van der Waals surface area contributed by atoms with Crippen molar-refractivity contribution in [2.75, 3.05) is 0 Å². The molecule has 0 radical (unpaired) electrons.